The number of carboxylic acid groups (broad SMARTS) is 1. The standard InChI is InChI=1S/C24H15BrN2O5/c25-18-9-7-16(8-10-18)24(31)32-19-11-5-15(6-12-19)13-17(14-26)22(28)27-21-4-2-1-3-20(21)23(29)30/h1-13H,(H,27,28)(H,29,30)/b17-13+. The number of nitrogens with zero attached hydrogens (tertiary/aromatic N) is 1. The monoisotopic (exact) mass is 490 g/mol. The van der Waals surface area contributed by atoms with E-state index in [1.54, 1.807) is 48.5 Å². The van der Waals surface area contributed by atoms with E-state index in [1.807, 2.05) is 0 Å². The number of para-hydroxylation sites is 1. The Bertz CT molecular complexity index is 1240. The first kappa shape index (κ1) is 22.5. The molecular weight excluding hydrogens is 476 g/mol. The summed E-state index contributed by atoms with van der Waals surface area (Å²) in [5.74, 6) is -2.16. The number of ether oxygens (including phenoxy) is 1. The van der Waals surface area contributed by atoms with Gasteiger partial charge in [-0.2, -0.15) is 5.26 Å². The van der Waals surface area contributed by atoms with Crippen LogP contribution in [-0.4, -0.2) is 23.0 Å². The van der Waals surface area contributed by atoms with Gasteiger partial charge in [-0.05, 0) is 60.2 Å². The lowest BCUT2D eigenvalue weighted by Gasteiger charge is -2.08. The van der Waals surface area contributed by atoms with Crippen molar-refractivity contribution in [2.24, 2.45) is 0 Å². The van der Waals surface area contributed by atoms with Crippen LogP contribution in [0.2, 0.25) is 0 Å². The van der Waals surface area contributed by atoms with Crippen molar-refractivity contribution in [2.45, 2.75) is 0 Å². The maximum absolute atomic E-state index is 12.4. The molecule has 0 fully saturated rings. The van der Waals surface area contributed by atoms with Gasteiger partial charge < -0.3 is 15.2 Å². The van der Waals surface area contributed by atoms with E-state index in [2.05, 4.69) is 21.2 Å². The number of carboxylic acids is 1. The lowest BCUT2D eigenvalue weighted by atomic mass is 10.1. The first-order valence-corrected chi connectivity index (χ1v) is 10.00. The number of nitrogens with one attached hydrogen (secondary N) is 1. The van der Waals surface area contributed by atoms with Crippen molar-refractivity contribution >= 4 is 45.5 Å². The normalized spacial score (nSPS) is 10.7. The zero-order valence-corrected chi connectivity index (χ0v) is 18.0. The van der Waals surface area contributed by atoms with Crippen molar-refractivity contribution in [3.8, 4) is 11.8 Å². The second-order valence-corrected chi connectivity index (χ2v) is 7.36. The molecule has 1 amide bonds. The second kappa shape index (κ2) is 10.2. The smallest absolute Gasteiger partial charge is 0.343 e. The molecule has 0 spiro atoms. The third-order valence-corrected chi connectivity index (χ3v) is 4.78. The van der Waals surface area contributed by atoms with Gasteiger partial charge in [0.1, 0.15) is 17.4 Å². The van der Waals surface area contributed by atoms with E-state index in [4.69, 9.17) is 4.74 Å². The number of amides is 1. The van der Waals surface area contributed by atoms with E-state index in [0.29, 0.717) is 16.9 Å². The molecule has 0 saturated carbocycles. The molecular formula is C24H15BrN2O5. The van der Waals surface area contributed by atoms with Crippen molar-refractivity contribution in [3.63, 3.8) is 0 Å². The third-order valence-electron chi connectivity index (χ3n) is 4.25. The van der Waals surface area contributed by atoms with Gasteiger partial charge in [-0.25, -0.2) is 9.59 Å². The summed E-state index contributed by atoms with van der Waals surface area (Å²) < 4.78 is 6.16. The molecule has 7 nitrogen and oxygen atoms in total. The van der Waals surface area contributed by atoms with Gasteiger partial charge >= 0.3 is 11.9 Å². The molecule has 0 aliphatic rings. The van der Waals surface area contributed by atoms with Gasteiger partial charge in [0.05, 0.1) is 16.8 Å². The quantitative estimate of drug-likeness (QED) is 0.219. The predicted molar refractivity (Wildman–Crippen MR) is 121 cm³/mol. The fourth-order valence-electron chi connectivity index (χ4n) is 2.67. The summed E-state index contributed by atoms with van der Waals surface area (Å²) in [5.41, 5.74) is 0.690. The van der Waals surface area contributed by atoms with E-state index in [9.17, 15) is 24.8 Å². The minimum absolute atomic E-state index is 0.0846. The molecule has 0 saturated heterocycles. The topological polar surface area (TPSA) is 116 Å². The summed E-state index contributed by atoms with van der Waals surface area (Å²) in [6.45, 7) is 0. The minimum Gasteiger partial charge on any atom is -0.478 e. The number of hydrogen-bond donors (Lipinski definition) is 2. The Kier molecular flexibility index (Phi) is 7.16. The highest BCUT2D eigenvalue weighted by atomic mass is 79.9. The average Bonchev–Trinajstić information content (AvgIpc) is 2.79. The van der Waals surface area contributed by atoms with Crippen LogP contribution in [0.3, 0.4) is 0 Å². The average molecular weight is 491 g/mol. The molecule has 32 heavy (non-hydrogen) atoms. The molecule has 3 aromatic rings. The van der Waals surface area contributed by atoms with Crippen LogP contribution in [0.5, 0.6) is 5.75 Å². The number of rotatable bonds is 6. The van der Waals surface area contributed by atoms with Crippen molar-refractivity contribution in [2.75, 3.05) is 5.32 Å². The molecule has 0 atom stereocenters. The molecule has 0 bridgehead atoms. The fraction of sp³-hybridized carbons (Fsp3) is 0. The zero-order valence-electron chi connectivity index (χ0n) is 16.4. The zero-order chi connectivity index (χ0) is 23.1. The second-order valence-electron chi connectivity index (χ2n) is 6.44. The Morgan fingerprint density at radius 1 is 0.969 bits per heavy atom. The number of nitriles is 1. The van der Waals surface area contributed by atoms with Crippen LogP contribution in [0.1, 0.15) is 26.3 Å². The van der Waals surface area contributed by atoms with Crippen LogP contribution >= 0.6 is 15.9 Å². The lowest BCUT2D eigenvalue weighted by Crippen LogP contribution is -2.16. The Hall–Kier alpha value is -4.22. The van der Waals surface area contributed by atoms with Crippen molar-refractivity contribution in [3.05, 3.63) is 99.5 Å². The number of carbonyl (C=O) groups excluding carboxylic acids is 2. The van der Waals surface area contributed by atoms with Gasteiger partial charge in [0.2, 0.25) is 0 Å². The number of hydrogen-bond acceptors (Lipinski definition) is 5. The van der Waals surface area contributed by atoms with Gasteiger partial charge in [-0.1, -0.05) is 40.2 Å². The van der Waals surface area contributed by atoms with E-state index in [0.717, 1.165) is 4.47 Å². The van der Waals surface area contributed by atoms with E-state index < -0.39 is 17.8 Å². The molecule has 158 valence electrons. The molecule has 0 aliphatic carbocycles. The molecule has 0 heterocycles. The maximum Gasteiger partial charge on any atom is 0.343 e. The number of aromatic carboxylic acids is 1. The van der Waals surface area contributed by atoms with Crippen molar-refractivity contribution < 1.29 is 24.2 Å². The lowest BCUT2D eigenvalue weighted by molar-refractivity contribution is -0.112. The minimum atomic E-state index is -1.20. The van der Waals surface area contributed by atoms with Gasteiger partial charge in [-0.15, -0.1) is 0 Å². The summed E-state index contributed by atoms with van der Waals surface area (Å²) in [6.07, 6.45) is 1.35. The summed E-state index contributed by atoms with van der Waals surface area (Å²) >= 11 is 3.30. The van der Waals surface area contributed by atoms with Crippen LogP contribution in [0.4, 0.5) is 5.69 Å². The largest absolute Gasteiger partial charge is 0.478 e. The Morgan fingerprint density at radius 3 is 2.25 bits per heavy atom. The van der Waals surface area contributed by atoms with Gasteiger partial charge in [0.15, 0.2) is 0 Å². The number of carbonyl (C=O) groups is 3. The van der Waals surface area contributed by atoms with Crippen LogP contribution in [0.25, 0.3) is 6.08 Å². The molecule has 0 unspecified atom stereocenters. The van der Waals surface area contributed by atoms with E-state index in [1.165, 1.54) is 36.4 Å². The van der Waals surface area contributed by atoms with Crippen LogP contribution in [-0.2, 0) is 4.79 Å². The van der Waals surface area contributed by atoms with Gasteiger partial charge in [-0.3, -0.25) is 4.79 Å². The number of halogens is 1. The molecule has 3 rings (SSSR count). The first-order chi connectivity index (χ1) is 15.4. The number of benzene rings is 3. The third kappa shape index (κ3) is 5.68. The van der Waals surface area contributed by atoms with E-state index in [-0.39, 0.29) is 16.8 Å². The summed E-state index contributed by atoms with van der Waals surface area (Å²) in [4.78, 5) is 35.9. The van der Waals surface area contributed by atoms with Gasteiger partial charge in [0.25, 0.3) is 5.91 Å². The SMILES string of the molecule is N#C/C(=C\c1ccc(OC(=O)c2ccc(Br)cc2)cc1)C(=O)Nc1ccccc1C(=O)O. The molecule has 3 aromatic carbocycles. The molecule has 0 aliphatic heterocycles. The molecule has 0 aromatic heterocycles. The maximum atomic E-state index is 12.4. The van der Waals surface area contributed by atoms with Gasteiger partial charge in [0, 0.05) is 4.47 Å². The highest BCUT2D eigenvalue weighted by molar-refractivity contribution is 9.10. The van der Waals surface area contributed by atoms with Crippen LogP contribution in [0, 0.1) is 11.3 Å². The highest BCUT2D eigenvalue weighted by Crippen LogP contribution is 2.19. The number of esters is 1. The molecule has 0 radical (unpaired) electrons. The Balaban J connectivity index is 1.72. The summed E-state index contributed by atoms with van der Waals surface area (Å²) in [5, 5.41) is 21.0. The fourth-order valence-corrected chi connectivity index (χ4v) is 2.93. The molecule has 8 heteroatoms. The van der Waals surface area contributed by atoms with Crippen molar-refractivity contribution in [1.82, 2.24) is 0 Å². The number of anilines is 1. The van der Waals surface area contributed by atoms with Crippen molar-refractivity contribution in [1.29, 1.82) is 5.26 Å². The van der Waals surface area contributed by atoms with Crippen LogP contribution < -0.4 is 10.1 Å². The summed E-state index contributed by atoms with van der Waals surface area (Å²) in [7, 11) is 0. The van der Waals surface area contributed by atoms with Crippen LogP contribution in [0.15, 0.2) is 82.8 Å². The predicted octanol–water partition coefficient (Wildman–Crippen LogP) is 4.91. The Labute approximate surface area is 191 Å². The summed E-state index contributed by atoms with van der Waals surface area (Å²) in [6, 6.07) is 20.7. The van der Waals surface area contributed by atoms with E-state index >= 15 is 0 Å². The first-order valence-electron chi connectivity index (χ1n) is 9.20. The highest BCUT2D eigenvalue weighted by Gasteiger charge is 2.15. The Morgan fingerprint density at radius 2 is 1.62 bits per heavy atom. The molecule has 2 N–H and O–H groups in total.